The summed E-state index contributed by atoms with van der Waals surface area (Å²) >= 11 is 0. The van der Waals surface area contributed by atoms with Crippen molar-refractivity contribution < 1.29 is 17.4 Å². The molecule has 7 heteroatoms. The number of oxazole rings is 1. The van der Waals surface area contributed by atoms with Crippen LogP contribution in [0.5, 0.6) is 0 Å². The van der Waals surface area contributed by atoms with Crippen LogP contribution in [0.2, 0.25) is 0 Å². The van der Waals surface area contributed by atoms with E-state index in [0.29, 0.717) is 0 Å². The Labute approximate surface area is 76.8 Å². The lowest BCUT2D eigenvalue weighted by atomic mass is 9.80. The van der Waals surface area contributed by atoms with Crippen LogP contribution in [0.1, 0.15) is 0 Å². The highest BCUT2D eigenvalue weighted by molar-refractivity contribution is 6.73. The summed E-state index contributed by atoms with van der Waals surface area (Å²) in [6.45, 7) is -5.00. The van der Waals surface area contributed by atoms with Gasteiger partial charge in [-0.1, -0.05) is 12.1 Å². The monoisotopic (exact) mass is 201 g/mol. The zero-order valence-electron chi connectivity index (χ0n) is 6.88. The number of anilines is 1. The largest absolute Gasteiger partial charge is 0.509 e. The van der Waals surface area contributed by atoms with Crippen LogP contribution in [0.25, 0.3) is 11.1 Å². The number of fused-ring (bicyclic) bond motifs is 1. The van der Waals surface area contributed by atoms with Crippen molar-refractivity contribution in [3.63, 3.8) is 0 Å². The number of nitrogens with zero attached hydrogens (tertiary/aromatic N) is 1. The van der Waals surface area contributed by atoms with Crippen molar-refractivity contribution in [3.05, 3.63) is 18.2 Å². The topological polar surface area (TPSA) is 52.0 Å². The van der Waals surface area contributed by atoms with Crippen LogP contribution < -0.4 is 11.2 Å². The molecule has 0 saturated heterocycles. The number of aromatic nitrogens is 1. The molecule has 0 spiro atoms. The summed E-state index contributed by atoms with van der Waals surface area (Å²) in [6, 6.07) is 2.96. The highest BCUT2D eigenvalue weighted by atomic mass is 19.4. The van der Waals surface area contributed by atoms with Crippen molar-refractivity contribution in [1.82, 2.24) is 4.98 Å². The summed E-state index contributed by atoms with van der Waals surface area (Å²) in [4.78, 5) is 3.61. The van der Waals surface area contributed by atoms with Gasteiger partial charge in [0, 0.05) is 0 Å². The Balaban J connectivity index is 2.62. The molecule has 1 aromatic heterocycles. The zero-order valence-corrected chi connectivity index (χ0v) is 6.88. The average Bonchev–Trinajstić information content (AvgIpc) is 2.41. The minimum absolute atomic E-state index is 0.124. The molecule has 1 aromatic carbocycles. The normalized spacial score (nSPS) is 12.2. The minimum atomic E-state index is -5.00. The lowest BCUT2D eigenvalue weighted by Crippen LogP contribution is -2.33. The van der Waals surface area contributed by atoms with Gasteiger partial charge in [-0.15, -0.1) is 5.46 Å². The second-order valence-electron chi connectivity index (χ2n) is 2.85. The van der Waals surface area contributed by atoms with Gasteiger partial charge in [0.1, 0.15) is 5.52 Å². The third kappa shape index (κ3) is 1.41. The van der Waals surface area contributed by atoms with E-state index in [9.17, 15) is 12.9 Å². The third-order valence-corrected chi connectivity index (χ3v) is 1.81. The Kier molecular flexibility index (Phi) is 1.70. The molecule has 0 fully saturated rings. The van der Waals surface area contributed by atoms with E-state index in [2.05, 4.69) is 4.98 Å². The minimum Gasteiger partial charge on any atom is -0.445 e. The van der Waals surface area contributed by atoms with Crippen molar-refractivity contribution in [2.24, 2.45) is 0 Å². The Morgan fingerprint density at radius 3 is 2.64 bits per heavy atom. The molecule has 0 aliphatic carbocycles. The fourth-order valence-electron chi connectivity index (χ4n) is 1.17. The highest BCUT2D eigenvalue weighted by Crippen LogP contribution is 2.17. The number of hydrogen-bond donors (Lipinski definition) is 1. The molecule has 0 aliphatic rings. The van der Waals surface area contributed by atoms with E-state index in [1.54, 1.807) is 0 Å². The fraction of sp³-hybridized carbons (Fsp3) is 0. The maximum atomic E-state index is 12.3. The highest BCUT2D eigenvalue weighted by Gasteiger charge is 2.25. The van der Waals surface area contributed by atoms with Gasteiger partial charge in [-0.2, -0.15) is 4.98 Å². The second kappa shape index (κ2) is 2.66. The number of nitrogens with two attached hydrogens (primary N) is 1. The first kappa shape index (κ1) is 8.92. The van der Waals surface area contributed by atoms with E-state index < -0.39 is 12.4 Å². The van der Waals surface area contributed by atoms with Crippen molar-refractivity contribution >= 4 is 29.6 Å². The van der Waals surface area contributed by atoms with E-state index in [4.69, 9.17) is 10.2 Å². The maximum absolute atomic E-state index is 12.3. The second-order valence-corrected chi connectivity index (χ2v) is 2.85. The number of hydrogen-bond acceptors (Lipinski definition) is 3. The molecule has 0 atom stereocenters. The summed E-state index contributed by atoms with van der Waals surface area (Å²) in [5.74, 6) is 0. The first-order valence-electron chi connectivity index (χ1n) is 3.83. The molecule has 3 nitrogen and oxygen atoms in total. The summed E-state index contributed by atoms with van der Waals surface area (Å²) < 4.78 is 41.7. The van der Waals surface area contributed by atoms with E-state index >= 15 is 0 Å². The molecular weight excluding hydrogens is 196 g/mol. The van der Waals surface area contributed by atoms with Crippen LogP contribution in [0, 0.1) is 0 Å². The van der Waals surface area contributed by atoms with Crippen molar-refractivity contribution in [3.8, 4) is 0 Å². The number of halogens is 3. The quantitative estimate of drug-likeness (QED) is 0.710. The van der Waals surface area contributed by atoms with Gasteiger partial charge in [-0.3, -0.25) is 0 Å². The standard InChI is InChI=1S/C7H5BF3N2O/c9-8(10,11)4-1-2-6-5(3-4)13-7(12)14-6/h1-3H,(H2,12,13)/q-1. The predicted octanol–water partition coefficient (Wildman–Crippen LogP) is 1.46. The van der Waals surface area contributed by atoms with Crippen LogP contribution >= 0.6 is 0 Å². The molecule has 2 N–H and O–H groups in total. The zero-order chi connectivity index (χ0) is 10.3. The SMILES string of the molecule is Nc1nc2cc([B-](F)(F)F)ccc2o1. The van der Waals surface area contributed by atoms with Crippen LogP contribution in [0.15, 0.2) is 22.6 Å². The van der Waals surface area contributed by atoms with E-state index in [0.717, 1.165) is 12.1 Å². The average molecular weight is 201 g/mol. The summed E-state index contributed by atoms with van der Waals surface area (Å²) in [5.41, 5.74) is 4.87. The molecule has 0 saturated carbocycles. The Bertz CT molecular complexity index is 479. The Morgan fingerprint density at radius 1 is 1.29 bits per heavy atom. The molecule has 1 heterocycles. The first-order chi connectivity index (χ1) is 6.47. The maximum Gasteiger partial charge on any atom is 0.509 e. The third-order valence-electron chi connectivity index (χ3n) is 1.81. The molecule has 0 bridgehead atoms. The Hall–Kier alpha value is -1.66. The van der Waals surface area contributed by atoms with E-state index in [1.807, 2.05) is 0 Å². The summed E-state index contributed by atoms with van der Waals surface area (Å²) in [7, 11) is 0. The summed E-state index contributed by atoms with van der Waals surface area (Å²) in [6.07, 6.45) is 0. The van der Waals surface area contributed by atoms with Crippen LogP contribution in [0.3, 0.4) is 0 Å². The lowest BCUT2D eigenvalue weighted by molar-refractivity contribution is 0.501. The van der Waals surface area contributed by atoms with Gasteiger partial charge in [0.05, 0.1) is 0 Å². The van der Waals surface area contributed by atoms with Gasteiger partial charge in [0.15, 0.2) is 5.58 Å². The number of nitrogen functional groups attached to an aromatic ring is 1. The van der Waals surface area contributed by atoms with Gasteiger partial charge in [0.25, 0.3) is 6.01 Å². The van der Waals surface area contributed by atoms with Crippen molar-refractivity contribution in [2.75, 3.05) is 5.73 Å². The molecule has 0 unspecified atom stereocenters. The van der Waals surface area contributed by atoms with Gasteiger partial charge >= 0.3 is 6.98 Å². The van der Waals surface area contributed by atoms with Crippen LogP contribution in [-0.4, -0.2) is 12.0 Å². The first-order valence-corrected chi connectivity index (χ1v) is 3.83. The molecule has 0 radical (unpaired) electrons. The predicted molar refractivity (Wildman–Crippen MR) is 47.1 cm³/mol. The van der Waals surface area contributed by atoms with Crippen molar-refractivity contribution in [2.45, 2.75) is 0 Å². The fourth-order valence-corrected chi connectivity index (χ4v) is 1.17. The van der Waals surface area contributed by atoms with Crippen molar-refractivity contribution in [1.29, 1.82) is 0 Å². The Morgan fingerprint density at radius 2 is 2.00 bits per heavy atom. The van der Waals surface area contributed by atoms with Gasteiger partial charge in [-0.25, -0.2) is 0 Å². The molecule has 2 aromatic rings. The molecule has 0 amide bonds. The summed E-state index contributed by atoms with van der Waals surface area (Å²) in [5, 5.41) is 0. The molecule has 74 valence electrons. The lowest BCUT2D eigenvalue weighted by Gasteiger charge is -2.13. The van der Waals surface area contributed by atoms with E-state index in [-0.39, 0.29) is 17.1 Å². The molecule has 0 aliphatic heterocycles. The number of rotatable bonds is 1. The van der Waals surface area contributed by atoms with E-state index in [1.165, 1.54) is 6.07 Å². The van der Waals surface area contributed by atoms with Gasteiger partial charge in [0.2, 0.25) is 0 Å². The molecule has 2 rings (SSSR count). The van der Waals surface area contributed by atoms with Gasteiger partial charge < -0.3 is 23.1 Å². The molecule has 14 heavy (non-hydrogen) atoms. The van der Waals surface area contributed by atoms with Gasteiger partial charge in [-0.05, 0) is 6.07 Å². The number of benzene rings is 1. The van der Waals surface area contributed by atoms with Crippen LogP contribution in [0.4, 0.5) is 19.0 Å². The van der Waals surface area contributed by atoms with Crippen LogP contribution in [-0.2, 0) is 0 Å². The molecular formula is C7H5BF3N2O-. The smallest absolute Gasteiger partial charge is 0.445 e.